The maximum atomic E-state index is 12.8. The molecular formula is C3H3F6LiO6S2. The Labute approximate surface area is 108 Å². The second-order valence-corrected chi connectivity index (χ2v) is 5.54. The molecule has 0 saturated heterocycles. The summed E-state index contributed by atoms with van der Waals surface area (Å²) in [5.41, 5.74) is 0. The number of halogens is 6. The van der Waals surface area contributed by atoms with Crippen molar-refractivity contribution in [2.45, 2.75) is 16.4 Å². The Morgan fingerprint density at radius 3 is 1.06 bits per heavy atom. The van der Waals surface area contributed by atoms with Crippen LogP contribution in [0.3, 0.4) is 0 Å². The average molecular weight is 320 g/mol. The SMILES string of the molecule is O=S(=O)(O)C(F)(F)C(F)(C(F)(F)F)S(=O)(=O)O.[LiH]. The topological polar surface area (TPSA) is 109 Å². The molecule has 0 bridgehead atoms. The standard InChI is InChI=1S/C3H2F6O6S2.Li.H/c4-1(2(5,6)7,16(10,11)12)3(8,9)17(13,14)15;;/h(H,10,11,12)(H,13,14,15);;. The Hall–Kier alpha value is -0.00260. The van der Waals surface area contributed by atoms with Gasteiger partial charge >= 0.3 is 55.5 Å². The van der Waals surface area contributed by atoms with E-state index in [0.29, 0.717) is 0 Å². The Morgan fingerprint density at radius 1 is 0.722 bits per heavy atom. The summed E-state index contributed by atoms with van der Waals surface area (Å²) in [5.74, 6) is 0. The molecule has 1 atom stereocenters. The van der Waals surface area contributed by atoms with Crippen LogP contribution < -0.4 is 0 Å². The summed E-state index contributed by atoms with van der Waals surface area (Å²) >= 11 is 0. The Bertz CT molecular complexity index is 508. The number of rotatable bonds is 3. The van der Waals surface area contributed by atoms with Crippen LogP contribution >= 0.6 is 0 Å². The fraction of sp³-hybridized carbons (Fsp3) is 1.00. The van der Waals surface area contributed by atoms with Gasteiger partial charge < -0.3 is 0 Å². The maximum absolute atomic E-state index is 12.8. The van der Waals surface area contributed by atoms with Crippen LogP contribution in [0.15, 0.2) is 0 Å². The van der Waals surface area contributed by atoms with Crippen LogP contribution in [0.4, 0.5) is 26.3 Å². The van der Waals surface area contributed by atoms with Gasteiger partial charge in [-0.2, -0.15) is 38.8 Å². The molecule has 0 aromatic rings. The Morgan fingerprint density at radius 2 is 1.00 bits per heavy atom. The van der Waals surface area contributed by atoms with E-state index in [1.54, 1.807) is 0 Å². The van der Waals surface area contributed by atoms with Crippen molar-refractivity contribution in [3.05, 3.63) is 0 Å². The second-order valence-electron chi connectivity index (χ2n) is 2.56. The minimum absolute atomic E-state index is 0. The molecule has 1 unspecified atom stereocenters. The molecule has 0 aromatic heterocycles. The first-order valence-electron chi connectivity index (χ1n) is 3.07. The van der Waals surface area contributed by atoms with Crippen molar-refractivity contribution in [3.8, 4) is 0 Å². The van der Waals surface area contributed by atoms with E-state index in [-0.39, 0.29) is 18.9 Å². The van der Waals surface area contributed by atoms with E-state index < -0.39 is 36.7 Å². The average Bonchev–Trinajstić information content (AvgIpc) is 1.95. The molecule has 0 amide bonds. The molecule has 0 aliphatic rings. The zero-order valence-corrected chi connectivity index (χ0v) is 8.74. The molecule has 0 rings (SSSR count). The van der Waals surface area contributed by atoms with Crippen molar-refractivity contribution >= 4 is 39.1 Å². The number of alkyl halides is 6. The molecule has 6 nitrogen and oxygen atoms in total. The molecule has 15 heteroatoms. The van der Waals surface area contributed by atoms with Gasteiger partial charge in [-0.1, -0.05) is 0 Å². The van der Waals surface area contributed by atoms with E-state index >= 15 is 0 Å². The second kappa shape index (κ2) is 4.83. The fourth-order valence-electron chi connectivity index (χ4n) is 0.627. The van der Waals surface area contributed by atoms with Gasteiger partial charge in [0.05, 0.1) is 0 Å². The van der Waals surface area contributed by atoms with Gasteiger partial charge in [0.2, 0.25) is 0 Å². The van der Waals surface area contributed by atoms with E-state index in [0.717, 1.165) is 0 Å². The van der Waals surface area contributed by atoms with Gasteiger partial charge in [-0.3, -0.25) is 9.11 Å². The summed E-state index contributed by atoms with van der Waals surface area (Å²) in [6.45, 7) is 0. The summed E-state index contributed by atoms with van der Waals surface area (Å²) in [5, 5.41) is -13.7. The molecule has 0 heterocycles. The molecule has 0 aromatic carbocycles. The predicted molar refractivity (Wildman–Crippen MR) is 45.1 cm³/mol. The quantitative estimate of drug-likeness (QED) is 0.428. The fourth-order valence-corrected chi connectivity index (χ4v) is 2.30. The normalized spacial score (nSPS) is 17.8. The van der Waals surface area contributed by atoms with Crippen LogP contribution in [0.2, 0.25) is 0 Å². The van der Waals surface area contributed by atoms with E-state index in [4.69, 9.17) is 9.11 Å². The first-order chi connectivity index (χ1) is 7.00. The van der Waals surface area contributed by atoms with Crippen LogP contribution in [-0.4, -0.2) is 61.2 Å². The summed E-state index contributed by atoms with van der Waals surface area (Å²) in [6.07, 6.45) is -7.01. The molecule has 106 valence electrons. The molecule has 0 aliphatic heterocycles. The summed E-state index contributed by atoms with van der Waals surface area (Å²) in [6, 6.07) is 0. The monoisotopic (exact) mass is 320 g/mol. The van der Waals surface area contributed by atoms with Gasteiger partial charge in [-0.05, 0) is 0 Å². The van der Waals surface area contributed by atoms with Crippen molar-refractivity contribution in [3.63, 3.8) is 0 Å². The third-order valence-corrected chi connectivity index (χ3v) is 3.68. The zero-order valence-electron chi connectivity index (χ0n) is 7.11. The number of hydrogen-bond donors (Lipinski definition) is 2. The van der Waals surface area contributed by atoms with Gasteiger partial charge in [-0.15, -0.1) is 0 Å². The van der Waals surface area contributed by atoms with Crippen molar-refractivity contribution in [1.82, 2.24) is 0 Å². The van der Waals surface area contributed by atoms with E-state index in [1.165, 1.54) is 0 Å². The molecular weight excluding hydrogens is 317 g/mol. The first-order valence-corrected chi connectivity index (χ1v) is 5.95. The van der Waals surface area contributed by atoms with Crippen molar-refractivity contribution in [1.29, 1.82) is 0 Å². The molecule has 0 fully saturated rings. The number of hydrogen-bond acceptors (Lipinski definition) is 4. The third-order valence-electron chi connectivity index (χ3n) is 1.42. The van der Waals surface area contributed by atoms with Crippen LogP contribution in [0, 0.1) is 0 Å². The van der Waals surface area contributed by atoms with Crippen LogP contribution in [-0.2, 0) is 20.2 Å². The van der Waals surface area contributed by atoms with Crippen molar-refractivity contribution < 1.29 is 52.3 Å². The molecule has 0 saturated carbocycles. The predicted octanol–water partition coefficient (Wildman–Crippen LogP) is -0.0656. The van der Waals surface area contributed by atoms with Crippen LogP contribution in [0.25, 0.3) is 0 Å². The van der Waals surface area contributed by atoms with Gasteiger partial charge in [0, 0.05) is 0 Å². The van der Waals surface area contributed by atoms with E-state index in [2.05, 4.69) is 0 Å². The zero-order chi connectivity index (χ0) is 14.5. The Balaban J connectivity index is 0. The molecule has 0 aliphatic carbocycles. The Kier molecular flexibility index (Phi) is 5.46. The molecule has 2 N–H and O–H groups in total. The van der Waals surface area contributed by atoms with Gasteiger partial charge in [0.1, 0.15) is 0 Å². The first kappa shape index (κ1) is 20.3. The van der Waals surface area contributed by atoms with Crippen LogP contribution in [0.1, 0.15) is 0 Å². The molecule has 0 radical (unpaired) electrons. The van der Waals surface area contributed by atoms with E-state index in [1.807, 2.05) is 0 Å². The van der Waals surface area contributed by atoms with Gasteiger partial charge in [-0.25, -0.2) is 4.39 Å². The van der Waals surface area contributed by atoms with Crippen LogP contribution in [0.5, 0.6) is 0 Å². The summed E-state index contributed by atoms with van der Waals surface area (Å²) in [4.78, 5) is 0. The molecule has 0 spiro atoms. The van der Waals surface area contributed by atoms with E-state index in [9.17, 15) is 43.2 Å². The minimum atomic E-state index is -7.24. The summed E-state index contributed by atoms with van der Waals surface area (Å²) < 4.78 is 129. The van der Waals surface area contributed by atoms with Crippen molar-refractivity contribution in [2.75, 3.05) is 0 Å². The van der Waals surface area contributed by atoms with Gasteiger partial charge in [0.15, 0.2) is 0 Å². The van der Waals surface area contributed by atoms with Crippen molar-refractivity contribution in [2.24, 2.45) is 0 Å². The third kappa shape index (κ3) is 2.78. The summed E-state index contributed by atoms with van der Waals surface area (Å²) in [7, 11) is -14.3. The van der Waals surface area contributed by atoms with Gasteiger partial charge in [0.25, 0.3) is 0 Å². The molecule has 18 heavy (non-hydrogen) atoms.